The molecule has 0 rings (SSSR count). The first-order valence-corrected chi connectivity index (χ1v) is 7.11. The van der Waals surface area contributed by atoms with Crippen molar-refractivity contribution in [2.45, 2.75) is 33.1 Å². The number of hydrogen-bond donors (Lipinski definition) is 1. The van der Waals surface area contributed by atoms with Gasteiger partial charge in [0.25, 0.3) is 10.2 Å². The first kappa shape index (κ1) is 15.2. The third kappa shape index (κ3) is 5.15. The van der Waals surface area contributed by atoms with Gasteiger partial charge in [-0.2, -0.15) is 12.7 Å². The Morgan fingerprint density at radius 1 is 1.27 bits per heavy atom. The molecule has 15 heavy (non-hydrogen) atoms. The van der Waals surface area contributed by atoms with Gasteiger partial charge in [-0.1, -0.05) is 27.7 Å². The highest BCUT2D eigenvalue weighted by atomic mass is 35.5. The maximum absolute atomic E-state index is 11.7. The minimum Gasteiger partial charge on any atom is -0.201 e. The maximum Gasteiger partial charge on any atom is 0.279 e. The van der Waals surface area contributed by atoms with Gasteiger partial charge in [0.1, 0.15) is 0 Å². The van der Waals surface area contributed by atoms with Gasteiger partial charge in [0, 0.05) is 25.0 Å². The summed E-state index contributed by atoms with van der Waals surface area (Å²) in [6.07, 6.45) is 0. The normalized spacial score (nSPS) is 14.9. The van der Waals surface area contributed by atoms with Crippen molar-refractivity contribution in [2.24, 2.45) is 5.92 Å². The summed E-state index contributed by atoms with van der Waals surface area (Å²) < 4.78 is 27.2. The van der Waals surface area contributed by atoms with Crippen molar-refractivity contribution in [3.8, 4) is 0 Å². The minimum absolute atomic E-state index is 0.171. The highest BCUT2D eigenvalue weighted by Gasteiger charge is 2.20. The fourth-order valence-corrected chi connectivity index (χ4v) is 2.50. The van der Waals surface area contributed by atoms with Gasteiger partial charge in [0.15, 0.2) is 0 Å². The zero-order chi connectivity index (χ0) is 12.1. The van der Waals surface area contributed by atoms with Gasteiger partial charge in [-0.3, -0.25) is 0 Å². The van der Waals surface area contributed by atoms with Crippen LogP contribution in [0.25, 0.3) is 0 Å². The van der Waals surface area contributed by atoms with Crippen LogP contribution in [0.3, 0.4) is 0 Å². The van der Waals surface area contributed by atoms with Crippen LogP contribution in [0, 0.1) is 5.92 Å². The van der Waals surface area contributed by atoms with E-state index in [0.29, 0.717) is 13.1 Å². The zero-order valence-corrected chi connectivity index (χ0v) is 11.4. The van der Waals surface area contributed by atoms with E-state index in [2.05, 4.69) is 4.72 Å². The summed E-state index contributed by atoms with van der Waals surface area (Å²) in [6, 6.07) is 0. The van der Waals surface area contributed by atoms with E-state index in [1.165, 1.54) is 4.31 Å². The average Bonchev–Trinajstić information content (AvgIpc) is 2.15. The third-order valence-corrected chi connectivity index (χ3v) is 4.62. The molecule has 0 heterocycles. The average molecular weight is 257 g/mol. The third-order valence-electron chi connectivity index (χ3n) is 2.23. The van der Waals surface area contributed by atoms with Crippen molar-refractivity contribution in [1.29, 1.82) is 0 Å². The molecule has 4 nitrogen and oxygen atoms in total. The van der Waals surface area contributed by atoms with E-state index >= 15 is 0 Å². The predicted octanol–water partition coefficient (Wildman–Crippen LogP) is 1.43. The minimum atomic E-state index is -3.35. The Labute approximate surface area is 98.2 Å². The Morgan fingerprint density at radius 3 is 2.07 bits per heavy atom. The molecule has 1 N–H and O–H groups in total. The van der Waals surface area contributed by atoms with E-state index in [9.17, 15) is 8.42 Å². The summed E-state index contributed by atoms with van der Waals surface area (Å²) in [5, 5.41) is -0.171. The van der Waals surface area contributed by atoms with Crippen LogP contribution < -0.4 is 4.72 Å². The molecule has 1 unspecified atom stereocenters. The summed E-state index contributed by atoms with van der Waals surface area (Å²) in [4.78, 5) is 0. The molecule has 0 aliphatic heterocycles. The van der Waals surface area contributed by atoms with Gasteiger partial charge in [-0.25, -0.2) is 4.72 Å². The van der Waals surface area contributed by atoms with Gasteiger partial charge in [0.05, 0.1) is 0 Å². The van der Waals surface area contributed by atoms with Crippen molar-refractivity contribution in [3.05, 3.63) is 0 Å². The van der Waals surface area contributed by atoms with Gasteiger partial charge in [-0.05, 0) is 5.92 Å². The smallest absolute Gasteiger partial charge is 0.201 e. The lowest BCUT2D eigenvalue weighted by atomic mass is 10.1. The number of hydrogen-bond acceptors (Lipinski definition) is 2. The molecular formula is C9H21ClN2O2S. The van der Waals surface area contributed by atoms with Crippen LogP contribution in [0.1, 0.15) is 27.7 Å². The van der Waals surface area contributed by atoms with Crippen LogP contribution in [-0.2, 0) is 10.2 Å². The molecule has 0 bridgehead atoms. The topological polar surface area (TPSA) is 49.4 Å². The lowest BCUT2D eigenvalue weighted by molar-refractivity contribution is 0.432. The first-order valence-electron chi connectivity index (χ1n) is 5.23. The first-order chi connectivity index (χ1) is 6.85. The Bertz CT molecular complexity index is 263. The second-order valence-corrected chi connectivity index (χ2v) is 6.01. The summed E-state index contributed by atoms with van der Waals surface area (Å²) in [5.41, 5.74) is 0. The second-order valence-electron chi connectivity index (χ2n) is 3.70. The molecule has 0 aliphatic carbocycles. The van der Waals surface area contributed by atoms with Crippen molar-refractivity contribution in [2.75, 3.05) is 19.6 Å². The van der Waals surface area contributed by atoms with Crippen LogP contribution in [-0.4, -0.2) is 37.7 Å². The lowest BCUT2D eigenvalue weighted by Crippen LogP contribution is -2.43. The van der Waals surface area contributed by atoms with E-state index in [0.717, 1.165) is 0 Å². The van der Waals surface area contributed by atoms with Crippen molar-refractivity contribution >= 4 is 21.8 Å². The monoisotopic (exact) mass is 256 g/mol. The molecule has 0 aliphatic rings. The Balaban J connectivity index is 4.27. The highest BCUT2D eigenvalue weighted by molar-refractivity contribution is 7.87. The largest absolute Gasteiger partial charge is 0.279 e. The molecule has 0 fully saturated rings. The summed E-state index contributed by atoms with van der Waals surface area (Å²) in [6.45, 7) is 8.76. The highest BCUT2D eigenvalue weighted by Crippen LogP contribution is 2.08. The fraction of sp³-hybridized carbons (Fsp3) is 1.00. The molecule has 0 aromatic rings. The van der Waals surface area contributed by atoms with Crippen LogP contribution >= 0.6 is 11.6 Å². The Morgan fingerprint density at radius 2 is 1.73 bits per heavy atom. The molecule has 1 atom stereocenters. The molecule has 0 saturated heterocycles. The summed E-state index contributed by atoms with van der Waals surface area (Å²) >= 11 is 5.97. The summed E-state index contributed by atoms with van der Waals surface area (Å²) in [7, 11) is -3.35. The van der Waals surface area contributed by atoms with Crippen LogP contribution in [0.5, 0.6) is 0 Å². The summed E-state index contributed by atoms with van der Waals surface area (Å²) in [5.74, 6) is 0.256. The van der Waals surface area contributed by atoms with Gasteiger partial charge < -0.3 is 0 Å². The molecule has 92 valence electrons. The van der Waals surface area contributed by atoms with E-state index in [1.807, 2.05) is 27.7 Å². The molecule has 0 aromatic carbocycles. The molecule has 0 spiro atoms. The number of nitrogens with one attached hydrogen (secondary N) is 1. The van der Waals surface area contributed by atoms with Crippen LogP contribution in [0.4, 0.5) is 0 Å². The quantitative estimate of drug-likeness (QED) is 0.701. The Hall–Kier alpha value is 0.160. The molecule has 0 radical (unpaired) electrons. The Kier molecular flexibility index (Phi) is 6.75. The molecule has 6 heteroatoms. The number of alkyl halides is 1. The van der Waals surface area contributed by atoms with E-state index in [-0.39, 0.29) is 17.8 Å². The van der Waals surface area contributed by atoms with Crippen molar-refractivity contribution < 1.29 is 8.42 Å². The fourth-order valence-electron chi connectivity index (χ4n) is 1.08. The van der Waals surface area contributed by atoms with E-state index in [4.69, 9.17) is 11.6 Å². The zero-order valence-electron chi connectivity index (χ0n) is 9.83. The number of halogens is 1. The van der Waals surface area contributed by atoms with Crippen LogP contribution in [0.15, 0.2) is 0 Å². The van der Waals surface area contributed by atoms with Crippen molar-refractivity contribution in [3.63, 3.8) is 0 Å². The second kappa shape index (κ2) is 6.68. The maximum atomic E-state index is 11.7. The SMILES string of the molecule is CCN(CC)S(=O)(=O)NCC(Cl)C(C)C. The molecular weight excluding hydrogens is 236 g/mol. The van der Waals surface area contributed by atoms with Crippen molar-refractivity contribution in [1.82, 2.24) is 9.03 Å². The van der Waals surface area contributed by atoms with Gasteiger partial charge in [-0.15, -0.1) is 11.6 Å². The van der Waals surface area contributed by atoms with Gasteiger partial charge in [0.2, 0.25) is 0 Å². The van der Waals surface area contributed by atoms with E-state index in [1.54, 1.807) is 0 Å². The number of nitrogens with zero attached hydrogens (tertiary/aromatic N) is 1. The van der Waals surface area contributed by atoms with E-state index < -0.39 is 10.2 Å². The standard InChI is InChI=1S/C9H21ClN2O2S/c1-5-12(6-2)15(13,14)11-7-9(10)8(3)4/h8-9,11H,5-7H2,1-4H3. The molecule has 0 amide bonds. The van der Waals surface area contributed by atoms with Gasteiger partial charge >= 0.3 is 0 Å². The predicted molar refractivity (Wildman–Crippen MR) is 64.3 cm³/mol. The number of rotatable bonds is 7. The molecule has 0 aromatic heterocycles. The lowest BCUT2D eigenvalue weighted by Gasteiger charge is -2.21. The van der Waals surface area contributed by atoms with Crippen LogP contribution in [0.2, 0.25) is 0 Å². The molecule has 0 saturated carbocycles.